The largest absolute Gasteiger partial charge is 0.510 e. The van der Waals surface area contributed by atoms with Crippen molar-refractivity contribution in [1.82, 2.24) is 0 Å². The second-order valence-corrected chi connectivity index (χ2v) is 13.6. The van der Waals surface area contributed by atoms with Crippen molar-refractivity contribution in [2.45, 2.75) is 31.5 Å². The molecule has 0 amide bonds. The van der Waals surface area contributed by atoms with Crippen LogP contribution in [-0.4, -0.2) is 60.6 Å². The molecule has 0 aromatic heterocycles. The van der Waals surface area contributed by atoms with Crippen LogP contribution in [0.25, 0.3) is 0 Å². The van der Waals surface area contributed by atoms with Gasteiger partial charge in [-0.2, -0.15) is 12.5 Å². The third-order valence-corrected chi connectivity index (χ3v) is 11.0. The number of fused-ring (bicyclic) bond motifs is 3. The Morgan fingerprint density at radius 3 is 2.41 bits per heavy atom. The Morgan fingerprint density at radius 1 is 1.11 bits per heavy atom. The first kappa shape index (κ1) is 34.5. The molecule has 2 aromatic rings. The Morgan fingerprint density at radius 2 is 1.80 bits per heavy atom. The molecule has 0 saturated carbocycles. The minimum atomic E-state index is -0.746. The second-order valence-electron chi connectivity index (χ2n) is 11.3. The summed E-state index contributed by atoms with van der Waals surface area (Å²) in [5.41, 5.74) is 3.57. The van der Waals surface area contributed by atoms with E-state index in [4.69, 9.17) is 35.8 Å². The summed E-state index contributed by atoms with van der Waals surface area (Å²) in [6.45, 7) is 16.8. The number of hydrogen-bond donors (Lipinski definition) is 1. The van der Waals surface area contributed by atoms with Crippen LogP contribution in [0.3, 0.4) is 0 Å². The third kappa shape index (κ3) is 7.54. The van der Waals surface area contributed by atoms with E-state index in [0.29, 0.717) is 27.7 Å². The predicted molar refractivity (Wildman–Crippen MR) is 181 cm³/mol. The van der Waals surface area contributed by atoms with Gasteiger partial charge in [0, 0.05) is 0 Å². The van der Waals surface area contributed by atoms with Crippen LogP contribution < -0.4 is 9.47 Å². The minimum Gasteiger partial charge on any atom is -0.510 e. The zero-order chi connectivity index (χ0) is 32.0. The van der Waals surface area contributed by atoms with Crippen molar-refractivity contribution in [3.8, 4) is 11.5 Å². The Balaban J connectivity index is 0.000000375. The monoisotopic (exact) mass is 766 g/mol. The van der Waals surface area contributed by atoms with E-state index in [1.807, 2.05) is 48.6 Å². The summed E-state index contributed by atoms with van der Waals surface area (Å²) in [4.78, 5) is 0. The van der Waals surface area contributed by atoms with Crippen LogP contribution in [0.1, 0.15) is 24.0 Å². The number of rotatable bonds is 9. The smallest absolute Gasteiger partial charge is 0.0759 e. The Bertz CT molecular complexity index is 1500. The van der Waals surface area contributed by atoms with Crippen molar-refractivity contribution in [3.05, 3.63) is 124 Å². The van der Waals surface area contributed by atoms with E-state index in [9.17, 15) is 5.11 Å². The van der Waals surface area contributed by atoms with Crippen LogP contribution >= 0.6 is 31.9 Å². The number of hydrogen-bond acceptors (Lipinski definition) is 4. The van der Waals surface area contributed by atoms with E-state index >= 15 is 0 Å². The molecule has 3 unspecified atom stereocenters. The van der Waals surface area contributed by atoms with Gasteiger partial charge in [0.1, 0.15) is 0 Å². The van der Waals surface area contributed by atoms with E-state index in [0.717, 1.165) is 68.5 Å². The van der Waals surface area contributed by atoms with Gasteiger partial charge < -0.3 is 4.74 Å². The summed E-state index contributed by atoms with van der Waals surface area (Å²) in [7, 11) is 4.95. The van der Waals surface area contributed by atoms with E-state index in [-0.39, 0.29) is 6.04 Å². The molecule has 3 heterocycles. The minimum absolute atomic E-state index is 0.00606. The van der Waals surface area contributed by atoms with Crippen LogP contribution in [-0.2, 0) is 26.3 Å². The fourth-order valence-electron chi connectivity index (χ4n) is 6.59. The molecule has 0 spiro atoms. The average Bonchev–Trinajstić information content (AvgIpc) is 3.04. The number of benzene rings is 2. The van der Waals surface area contributed by atoms with Gasteiger partial charge in [-0.3, -0.25) is 0 Å². The maximum Gasteiger partial charge on any atom is 0.0759 e. The number of aliphatic hydroxyl groups excluding tert-OH is 1. The number of nitrogens with zero attached hydrogens (tertiary/aromatic N) is 1. The molecule has 0 radical (unpaired) electrons. The summed E-state index contributed by atoms with van der Waals surface area (Å²) < 4.78 is 19.4. The number of halogens is 2. The van der Waals surface area contributed by atoms with Gasteiger partial charge in [-0.1, -0.05) is 4.47 Å². The van der Waals surface area contributed by atoms with E-state index in [2.05, 4.69) is 57.5 Å². The SMILES string of the molecule is [CH-]=C/C(=C1/C=C(OC)C=C[C]1=[Ni])[C@H](O)[C@@H]1CC2CC[N+]1(Cc1cc(OC)ccc1Br)CC2C=C.[CH2-]c1cc(OC)ccc1Br. The molecule has 5 atom stereocenters. The summed E-state index contributed by atoms with van der Waals surface area (Å²) in [6.07, 6.45) is 10.5. The number of methoxy groups -OCH3 is 3. The summed E-state index contributed by atoms with van der Waals surface area (Å²) in [5.74, 6) is 3.32. The molecule has 2 aromatic carbocycles. The van der Waals surface area contributed by atoms with Crippen LogP contribution in [0.5, 0.6) is 11.5 Å². The normalized spacial score (nSPS) is 25.7. The molecule has 3 aliphatic heterocycles. The van der Waals surface area contributed by atoms with Gasteiger partial charge in [0.2, 0.25) is 0 Å². The summed E-state index contributed by atoms with van der Waals surface area (Å²) in [6, 6.07) is 11.8. The Hall–Kier alpha value is -2.35. The number of aliphatic hydroxyl groups is 1. The van der Waals surface area contributed by atoms with Crippen molar-refractivity contribution in [1.29, 1.82) is 0 Å². The quantitative estimate of drug-likeness (QED) is 0.125. The van der Waals surface area contributed by atoms with Crippen molar-refractivity contribution in [2.75, 3.05) is 34.4 Å². The number of ether oxygens (including phenoxy) is 3. The summed E-state index contributed by atoms with van der Waals surface area (Å²) >= 11 is 12.3. The van der Waals surface area contributed by atoms with Crippen molar-refractivity contribution in [3.63, 3.8) is 0 Å². The van der Waals surface area contributed by atoms with Crippen molar-refractivity contribution < 1.29 is 38.8 Å². The molecule has 5 nitrogen and oxygen atoms in total. The van der Waals surface area contributed by atoms with E-state index in [1.165, 1.54) is 11.6 Å². The molecule has 3 saturated heterocycles. The first-order valence-corrected chi connectivity index (χ1v) is 16.5. The van der Waals surface area contributed by atoms with Gasteiger partial charge >= 0.3 is 220 Å². The third-order valence-electron chi connectivity index (χ3n) is 8.99. The maximum atomic E-state index is 11.9. The molecule has 44 heavy (non-hydrogen) atoms. The fraction of sp³-hybridized carbons (Fsp3) is 0.333. The molecule has 2 bridgehead atoms. The molecule has 6 rings (SSSR count). The molecule has 8 heteroatoms. The van der Waals surface area contributed by atoms with Gasteiger partial charge in [-0.15, -0.1) is 28.1 Å². The standard InChI is InChI=1S/C28H32BrNO3.C8H8BrO.Ni/c1-5-19-17-30(18-22-15-24(33-4)10-11-26(22)29)13-12-20(19)16-27(30)28(31)25(6-2)21-8-7-9-23(14-21)32-3;1-6-5-7(10-2)3-4-8(6)9;/h2,5-7,9-11,14-15,19-20,27-28,31H,1,12-13,16-18H2,3-4H3;3-5H,1H2,2H3;/q;-1;/b25-21-;;/t19?,20?,27-,28-,30?;;/m0../s1. The number of allylic oxidation sites excluding steroid dienone is 4. The molecular formula is C36H40Br2NNiO4-. The van der Waals surface area contributed by atoms with Gasteiger partial charge in [0.15, 0.2) is 0 Å². The molecule has 238 valence electrons. The first-order chi connectivity index (χ1) is 21.1. The summed E-state index contributed by atoms with van der Waals surface area (Å²) in [5, 5.41) is 11.9. The van der Waals surface area contributed by atoms with Gasteiger partial charge in [-0.25, -0.2) is 0 Å². The first-order valence-electron chi connectivity index (χ1n) is 14.5. The molecule has 1 aliphatic carbocycles. The van der Waals surface area contributed by atoms with Gasteiger partial charge in [0.25, 0.3) is 0 Å². The zero-order valence-corrected chi connectivity index (χ0v) is 29.5. The predicted octanol–water partition coefficient (Wildman–Crippen LogP) is 7.47. The van der Waals surface area contributed by atoms with Crippen LogP contribution in [0.4, 0.5) is 0 Å². The van der Waals surface area contributed by atoms with Crippen LogP contribution in [0.2, 0.25) is 0 Å². The van der Waals surface area contributed by atoms with Crippen molar-refractivity contribution >= 4 is 36.4 Å². The van der Waals surface area contributed by atoms with Crippen LogP contribution in [0, 0.1) is 25.3 Å². The number of quaternary nitrogens is 1. The second kappa shape index (κ2) is 15.3. The Kier molecular flexibility index (Phi) is 12.0. The number of piperidine rings is 3. The van der Waals surface area contributed by atoms with Crippen molar-refractivity contribution in [2.24, 2.45) is 11.8 Å². The fourth-order valence-corrected chi connectivity index (χ4v) is 7.50. The van der Waals surface area contributed by atoms with Gasteiger partial charge in [-0.05, 0) is 6.07 Å². The molecule has 3 fully saturated rings. The maximum absolute atomic E-state index is 11.9. The van der Waals surface area contributed by atoms with E-state index in [1.54, 1.807) is 21.3 Å². The average molecular weight is 769 g/mol. The zero-order valence-electron chi connectivity index (χ0n) is 25.4. The van der Waals surface area contributed by atoms with Crippen LogP contribution in [0.15, 0.2) is 99.2 Å². The van der Waals surface area contributed by atoms with Gasteiger partial charge in [0.05, 0.1) is 12.9 Å². The molecule has 1 N–H and O–H groups in total. The molecular weight excluding hydrogens is 729 g/mol. The Labute approximate surface area is 286 Å². The van der Waals surface area contributed by atoms with E-state index < -0.39 is 6.10 Å². The molecule has 4 aliphatic rings. The topological polar surface area (TPSA) is 47.9 Å².